The molecule has 0 aromatic heterocycles. The maximum atomic E-state index is 13.7. The van der Waals surface area contributed by atoms with Gasteiger partial charge in [0.1, 0.15) is 5.82 Å². The lowest BCUT2D eigenvalue weighted by Crippen LogP contribution is -2.47. The number of carbonyl (C=O) groups is 1. The zero-order chi connectivity index (χ0) is 14.9. The van der Waals surface area contributed by atoms with Gasteiger partial charge in [-0.3, -0.25) is 4.79 Å². The highest BCUT2D eigenvalue weighted by Crippen LogP contribution is 2.23. The largest absolute Gasteiger partial charge is 0.381 e. The molecule has 0 aliphatic heterocycles. The fourth-order valence-electron chi connectivity index (χ4n) is 1.97. The number of rotatable bonds is 4. The summed E-state index contributed by atoms with van der Waals surface area (Å²) in [5.41, 5.74) is -0.213. The van der Waals surface area contributed by atoms with Gasteiger partial charge >= 0.3 is 0 Å². The van der Waals surface area contributed by atoms with E-state index < -0.39 is 20.8 Å². The summed E-state index contributed by atoms with van der Waals surface area (Å²) in [5.74, 6) is -1.51. The van der Waals surface area contributed by atoms with Crippen LogP contribution in [0.2, 0.25) is 0 Å². The number of amides is 1. The lowest BCUT2D eigenvalue weighted by molar-refractivity contribution is 0.0175. The number of benzene rings is 1. The van der Waals surface area contributed by atoms with E-state index in [1.54, 1.807) is 7.11 Å². The second kappa shape index (κ2) is 5.67. The first-order chi connectivity index (χ1) is 9.31. The highest BCUT2D eigenvalue weighted by atomic mass is 35.7. The van der Waals surface area contributed by atoms with Crippen molar-refractivity contribution >= 4 is 25.6 Å². The molecule has 8 heteroatoms. The van der Waals surface area contributed by atoms with E-state index in [2.05, 4.69) is 5.32 Å². The summed E-state index contributed by atoms with van der Waals surface area (Å²) in [4.78, 5) is 11.5. The smallest absolute Gasteiger partial charge is 0.261 e. The zero-order valence-electron chi connectivity index (χ0n) is 10.6. The number of methoxy groups -OCH3 is 1. The lowest BCUT2D eigenvalue weighted by atomic mass is 9.89. The summed E-state index contributed by atoms with van der Waals surface area (Å²) in [5, 5.41) is 2.65. The maximum absolute atomic E-state index is 13.7. The molecule has 1 amide bonds. The average Bonchev–Trinajstić information content (AvgIpc) is 2.31. The van der Waals surface area contributed by atoms with Crippen molar-refractivity contribution in [3.05, 3.63) is 29.6 Å². The highest BCUT2D eigenvalue weighted by molar-refractivity contribution is 8.13. The van der Waals surface area contributed by atoms with Gasteiger partial charge in [0.25, 0.3) is 15.0 Å². The maximum Gasteiger partial charge on any atom is 0.261 e. The van der Waals surface area contributed by atoms with Gasteiger partial charge in [0, 0.05) is 23.8 Å². The quantitative estimate of drug-likeness (QED) is 0.856. The fourth-order valence-corrected chi connectivity index (χ4v) is 2.73. The van der Waals surface area contributed by atoms with Gasteiger partial charge in [-0.1, -0.05) is 0 Å². The molecule has 0 unspecified atom stereocenters. The van der Waals surface area contributed by atoms with Crippen LogP contribution in [0.15, 0.2) is 23.1 Å². The number of ether oxygens (including phenoxy) is 1. The third-order valence-corrected chi connectivity index (χ3v) is 4.58. The third kappa shape index (κ3) is 3.28. The molecular formula is C12H13ClFNO4S. The van der Waals surface area contributed by atoms with Gasteiger partial charge in [0.15, 0.2) is 0 Å². The van der Waals surface area contributed by atoms with Gasteiger partial charge in [0.05, 0.1) is 16.6 Å². The van der Waals surface area contributed by atoms with E-state index in [1.807, 2.05) is 0 Å². The number of carbonyl (C=O) groups excluding carboxylic acids is 1. The molecule has 1 N–H and O–H groups in total. The van der Waals surface area contributed by atoms with E-state index in [0.717, 1.165) is 18.2 Å². The second-order valence-electron chi connectivity index (χ2n) is 4.58. The fraction of sp³-hybridized carbons (Fsp3) is 0.417. The number of hydrogen-bond acceptors (Lipinski definition) is 4. The van der Waals surface area contributed by atoms with Crippen LogP contribution >= 0.6 is 10.7 Å². The third-order valence-electron chi connectivity index (χ3n) is 3.23. The zero-order valence-corrected chi connectivity index (χ0v) is 12.2. The first kappa shape index (κ1) is 15.2. The summed E-state index contributed by atoms with van der Waals surface area (Å²) in [6.45, 7) is 0. The summed E-state index contributed by atoms with van der Waals surface area (Å²) in [6, 6.07) is 2.88. The average molecular weight is 322 g/mol. The van der Waals surface area contributed by atoms with E-state index >= 15 is 0 Å². The summed E-state index contributed by atoms with van der Waals surface area (Å²) < 4.78 is 40.9. The Morgan fingerprint density at radius 2 is 2.10 bits per heavy atom. The molecule has 0 atom stereocenters. The minimum atomic E-state index is -4.01. The molecule has 0 heterocycles. The Kier molecular flexibility index (Phi) is 4.31. The molecule has 0 bridgehead atoms. The molecule has 110 valence electrons. The van der Waals surface area contributed by atoms with Crippen molar-refractivity contribution in [2.45, 2.75) is 29.9 Å². The van der Waals surface area contributed by atoms with Crippen LogP contribution < -0.4 is 5.32 Å². The number of hydrogen-bond donors (Lipinski definition) is 1. The predicted octanol–water partition coefficient (Wildman–Crippen LogP) is 1.66. The molecule has 5 nitrogen and oxygen atoms in total. The van der Waals surface area contributed by atoms with E-state index in [1.165, 1.54) is 0 Å². The molecule has 20 heavy (non-hydrogen) atoms. The Morgan fingerprint density at radius 3 is 2.60 bits per heavy atom. The first-order valence-electron chi connectivity index (χ1n) is 5.89. The van der Waals surface area contributed by atoms with Crippen molar-refractivity contribution in [1.29, 1.82) is 0 Å². The Bertz CT molecular complexity index is 628. The Morgan fingerprint density at radius 1 is 1.45 bits per heavy atom. The minimum absolute atomic E-state index is 0.0525. The van der Waals surface area contributed by atoms with E-state index in [4.69, 9.17) is 15.4 Å². The summed E-state index contributed by atoms with van der Waals surface area (Å²) >= 11 is 0. The van der Waals surface area contributed by atoms with Crippen LogP contribution in [0.25, 0.3) is 0 Å². The number of nitrogens with one attached hydrogen (secondary N) is 1. The van der Waals surface area contributed by atoms with Crippen LogP contribution in [0.5, 0.6) is 0 Å². The normalized spacial score (nSPS) is 22.1. The number of halogens is 2. The van der Waals surface area contributed by atoms with Crippen molar-refractivity contribution < 1.29 is 22.3 Å². The summed E-state index contributed by atoms with van der Waals surface area (Å²) in [6.07, 6.45) is 1.48. The minimum Gasteiger partial charge on any atom is -0.381 e. The topological polar surface area (TPSA) is 72.5 Å². The molecule has 1 aliphatic rings. The summed E-state index contributed by atoms with van der Waals surface area (Å²) in [7, 11) is 2.68. The van der Waals surface area contributed by atoms with E-state index in [9.17, 15) is 17.6 Å². The molecule has 0 saturated heterocycles. The lowest BCUT2D eigenvalue weighted by Gasteiger charge is -2.34. The molecule has 1 saturated carbocycles. The van der Waals surface area contributed by atoms with Gasteiger partial charge in [-0.2, -0.15) is 0 Å². The van der Waals surface area contributed by atoms with Crippen molar-refractivity contribution in [3.63, 3.8) is 0 Å². The Hall–Kier alpha value is -1.18. The van der Waals surface area contributed by atoms with Crippen LogP contribution in [0.4, 0.5) is 4.39 Å². The Balaban J connectivity index is 2.08. The van der Waals surface area contributed by atoms with Gasteiger partial charge in [-0.05, 0) is 31.0 Å². The molecule has 1 fully saturated rings. The van der Waals surface area contributed by atoms with Crippen molar-refractivity contribution in [1.82, 2.24) is 5.32 Å². The van der Waals surface area contributed by atoms with Crippen molar-refractivity contribution in [3.8, 4) is 0 Å². The molecule has 0 radical (unpaired) electrons. The van der Waals surface area contributed by atoms with Crippen LogP contribution in [-0.2, 0) is 13.8 Å². The standard InChI is InChI=1S/C12H13ClFNO4S/c1-19-8-4-7(5-8)15-12(16)10-3-2-9(6-11(10)14)20(13,17)18/h2-3,6-8H,4-5H2,1H3,(H,15,16). The molecule has 1 aromatic carbocycles. The highest BCUT2D eigenvalue weighted by Gasteiger charge is 2.31. The second-order valence-corrected chi connectivity index (χ2v) is 7.14. The molecule has 2 rings (SSSR count). The SMILES string of the molecule is COC1CC(NC(=O)c2ccc(S(=O)(=O)Cl)cc2F)C1. The molecular weight excluding hydrogens is 309 g/mol. The van der Waals surface area contributed by atoms with Crippen LogP contribution in [0.1, 0.15) is 23.2 Å². The van der Waals surface area contributed by atoms with Gasteiger partial charge < -0.3 is 10.1 Å². The van der Waals surface area contributed by atoms with Crippen LogP contribution in [-0.4, -0.2) is 33.6 Å². The molecule has 1 aromatic rings. The first-order valence-corrected chi connectivity index (χ1v) is 8.20. The molecule has 1 aliphatic carbocycles. The molecule has 0 spiro atoms. The van der Waals surface area contributed by atoms with Crippen LogP contribution in [0.3, 0.4) is 0 Å². The van der Waals surface area contributed by atoms with Gasteiger partial charge in [-0.15, -0.1) is 0 Å². The van der Waals surface area contributed by atoms with E-state index in [0.29, 0.717) is 12.8 Å². The monoisotopic (exact) mass is 321 g/mol. The van der Waals surface area contributed by atoms with Crippen molar-refractivity contribution in [2.75, 3.05) is 7.11 Å². The van der Waals surface area contributed by atoms with E-state index in [-0.39, 0.29) is 22.6 Å². The van der Waals surface area contributed by atoms with Gasteiger partial charge in [0.2, 0.25) is 0 Å². The predicted molar refractivity (Wildman–Crippen MR) is 70.7 cm³/mol. The van der Waals surface area contributed by atoms with Crippen molar-refractivity contribution in [2.24, 2.45) is 0 Å². The van der Waals surface area contributed by atoms with Gasteiger partial charge in [-0.25, -0.2) is 12.8 Å². The Labute approximate surface area is 120 Å². The van der Waals surface area contributed by atoms with Crippen LogP contribution in [0, 0.1) is 5.82 Å².